The van der Waals surface area contributed by atoms with Crippen molar-refractivity contribution in [3.05, 3.63) is 252 Å². The van der Waals surface area contributed by atoms with Gasteiger partial charge in [-0.25, -0.2) is 42.8 Å². The van der Waals surface area contributed by atoms with Crippen molar-refractivity contribution in [3.63, 3.8) is 0 Å². The van der Waals surface area contributed by atoms with Crippen LogP contribution in [0.25, 0.3) is 22.3 Å². The van der Waals surface area contributed by atoms with Crippen LogP contribution < -0.4 is 56.8 Å². The number of aliphatic carboxylic acids is 1. The molecule has 8 aromatic carbocycles. The Morgan fingerprint density at radius 2 is 0.679 bits per heavy atom. The van der Waals surface area contributed by atoms with Gasteiger partial charge in [0.25, 0.3) is 0 Å². The van der Waals surface area contributed by atoms with Gasteiger partial charge in [-0.3, -0.25) is 33.3 Å². The number of benzene rings is 8. The van der Waals surface area contributed by atoms with E-state index in [1.807, 2.05) is 86.6 Å². The second-order valence-corrected chi connectivity index (χ2v) is 43.8. The van der Waals surface area contributed by atoms with Gasteiger partial charge in [0.15, 0.2) is 11.6 Å². The Labute approximate surface area is 816 Å². The van der Waals surface area contributed by atoms with Gasteiger partial charge < -0.3 is 67.3 Å². The number of methoxy groups -OCH3 is 5. The average Bonchev–Trinajstić information content (AvgIpc) is 1.58. The van der Waals surface area contributed by atoms with Crippen LogP contribution in [0, 0.1) is 44.9 Å². The van der Waals surface area contributed by atoms with E-state index in [-0.39, 0.29) is 23.2 Å². The number of halogens is 4. The third-order valence-electron chi connectivity index (χ3n) is 28.4. The summed E-state index contributed by atoms with van der Waals surface area (Å²) in [5.74, 6) is 1.78. The van der Waals surface area contributed by atoms with Crippen LogP contribution in [0.1, 0.15) is 184 Å². The van der Waals surface area contributed by atoms with Gasteiger partial charge in [-0.15, -0.1) is 0 Å². The Bertz CT molecular complexity index is 6400. The average molecular weight is 1990 g/mol. The van der Waals surface area contributed by atoms with Gasteiger partial charge in [-0.1, -0.05) is 60.4 Å². The predicted molar refractivity (Wildman–Crippen MR) is 525 cm³/mol. The lowest BCUT2D eigenvalue weighted by Crippen LogP contribution is -2.50. The van der Waals surface area contributed by atoms with Crippen LogP contribution in [0.2, 0.25) is 0 Å². The van der Waals surface area contributed by atoms with Crippen LogP contribution in [0.5, 0.6) is 51.7 Å². The molecule has 3 amide bonds. The zero-order chi connectivity index (χ0) is 100. The number of hydrogen-bond acceptors (Lipinski definition) is 23. The number of carbonyl (C=O) groups is 4. The van der Waals surface area contributed by atoms with Gasteiger partial charge in [0.1, 0.15) is 89.9 Å². The minimum Gasteiger partial charge on any atom is -0.497 e. The minimum absolute atomic E-state index is 0.153. The van der Waals surface area contributed by atoms with E-state index in [4.69, 9.17) is 42.6 Å². The van der Waals surface area contributed by atoms with E-state index in [1.165, 1.54) is 71.9 Å². The molecule has 27 nitrogen and oxygen atoms in total. The summed E-state index contributed by atoms with van der Waals surface area (Å²) in [7, 11) is -2.87. The van der Waals surface area contributed by atoms with Gasteiger partial charge in [-0.05, 0) is 239 Å². The number of amides is 3. The minimum atomic E-state index is -3.63. The lowest BCUT2D eigenvalue weighted by Gasteiger charge is -2.38. The van der Waals surface area contributed by atoms with Gasteiger partial charge in [0, 0.05) is 147 Å². The maximum Gasteiger partial charge on any atom is 0.310 e. The van der Waals surface area contributed by atoms with Crippen LogP contribution in [0.4, 0.5) is 17.6 Å². The Morgan fingerprint density at radius 3 is 0.986 bits per heavy atom. The highest BCUT2D eigenvalue weighted by Gasteiger charge is 2.53. The zero-order valence-corrected chi connectivity index (χ0v) is 83.7. The molecular formula is C106H123F4N7O20S3. The Morgan fingerprint density at radius 1 is 0.379 bits per heavy atom. The molecule has 34 heteroatoms. The van der Waals surface area contributed by atoms with E-state index in [9.17, 15) is 67.1 Å². The number of carboxylic acid groups (broad SMARTS) is 1. The number of likely N-dealkylation sites (tertiary alicyclic amines) is 4. The summed E-state index contributed by atoms with van der Waals surface area (Å²) in [5.41, 5.74) is 17.8. The van der Waals surface area contributed by atoms with E-state index in [2.05, 4.69) is 33.8 Å². The van der Waals surface area contributed by atoms with Crippen molar-refractivity contribution < 1.29 is 110 Å². The molecule has 0 bridgehead atoms. The maximum atomic E-state index is 14.8. The van der Waals surface area contributed by atoms with Crippen LogP contribution in [0.3, 0.4) is 0 Å². The molecule has 0 radical (unpaired) electrons. The third-order valence-corrected chi connectivity index (χ3v) is 30.1. The van der Waals surface area contributed by atoms with Crippen molar-refractivity contribution >= 4 is 76.1 Å². The van der Waals surface area contributed by atoms with Crippen LogP contribution >= 0.6 is 0 Å². The fourth-order valence-electron chi connectivity index (χ4n) is 20.2. The monoisotopic (exact) mass is 1990 g/mol. The first-order chi connectivity index (χ1) is 66.7. The van der Waals surface area contributed by atoms with E-state index < -0.39 is 81.2 Å². The lowest BCUT2D eigenvalue weighted by atomic mass is 9.80. The molecule has 4 saturated heterocycles. The number of nitrogens with one attached hydrogen (secondary N) is 3. The molecule has 748 valence electrons. The molecule has 8 aliphatic heterocycles. The summed E-state index contributed by atoms with van der Waals surface area (Å²) in [6.45, 7) is 16.7. The molecule has 10 aliphatic rings. The predicted octanol–water partition coefficient (Wildman–Crippen LogP) is 16.2. The van der Waals surface area contributed by atoms with Crippen molar-refractivity contribution in [1.29, 1.82) is 0 Å². The molecule has 0 spiro atoms. The number of rotatable bonds is 22. The number of piperidine rings is 4. The zero-order valence-electron chi connectivity index (χ0n) is 81.2. The first kappa shape index (κ1) is 103. The van der Waals surface area contributed by atoms with Crippen molar-refractivity contribution in [2.45, 2.75) is 144 Å². The molecule has 0 unspecified atom stereocenters. The standard InChI is InChI=1S/C28H35FN2O5S.C26H29FN2O5S.C26H31FN2O5S.C26H28FNO5/c1-5-28(6-2,27(32)30-37(4,33)34)18-31-13-11-19(12-14-31)26-23-10-8-22(35-3)15-20(23)17-36-25-16-21(29)7-9-24(25)26;1-33-20-4-6-21-18(13-20)15-34-23-14-19(27)3-5-22(23)24(21)17-7-11-29(12-8-17)16-26(9-10-26)25(30)28-35(2,31)32;1-26(2,25(30)28-35(4,31)32)16-29-11-9-17(10-12-29)24-21-8-6-20(33-3)13-18(21)15-34-23-14-19(27)5-7-22(23)24;1-31-18-3-4-19-17(11-18)14-33-22-13-23(32-2)21(27)12-20(22)24(19)16-5-9-28(10-6-16)15-26(7-8-26)25(29)30/h7-10,15-16H,5-6,11-14,17-18H2,1-4H3,(H,30,32);3-6,13-14H,7-12,15-16H2,1-2H3,(H,28,30);5-8,13-14H,9-12,15-16H2,1-4H3,(H,28,30);3-4,11-13H,5-10,14-15H2,1-2H3,(H,29,30). The third kappa shape index (κ3) is 23.8. The summed E-state index contributed by atoms with van der Waals surface area (Å²) < 4.78 is 184. The normalized spacial score (nSPS) is 17.8. The highest BCUT2D eigenvalue weighted by atomic mass is 32.2. The first-order valence-corrected chi connectivity index (χ1v) is 52.9. The molecule has 0 atom stereocenters. The quantitative estimate of drug-likeness (QED) is 0.0458. The largest absolute Gasteiger partial charge is 0.497 e. The van der Waals surface area contributed by atoms with Gasteiger partial charge in [-0.2, -0.15) is 0 Å². The molecule has 2 aliphatic carbocycles. The fourth-order valence-corrected chi connectivity index (χ4v) is 21.9. The SMILES string of the molecule is CCC(CC)(CN1CCC(=C2c3ccc(OC)cc3COc3cc(F)ccc32)CC1)C(=O)NS(C)(=O)=O.COc1ccc2c(c1)COc1cc(F)ccc1C2=C1CCN(CC(C)(C)C(=O)NS(C)(=O)=O)CC1.COc1ccc2c(c1)COc1cc(F)ccc1C2=C1CCN(CC2(C(=O)NS(C)(=O)=O)CC2)CC1.COc1ccc2c(c1)COc1cc(OC)c(F)cc1C2=C1CCN(CC2(C(=O)O)CC2)CC1. The summed E-state index contributed by atoms with van der Waals surface area (Å²) in [6.07, 6.45) is 13.2. The number of nitrogens with zero attached hydrogens (tertiary/aromatic N) is 4. The number of sulfonamides is 3. The summed E-state index contributed by atoms with van der Waals surface area (Å²) >= 11 is 0. The topological polar surface area (TPSA) is 323 Å². The number of fused-ring (bicyclic) bond motifs is 8. The van der Waals surface area contributed by atoms with Crippen molar-refractivity contribution in [2.75, 3.05) is 133 Å². The maximum absolute atomic E-state index is 14.8. The van der Waals surface area contributed by atoms with Crippen LogP contribution in [-0.4, -0.2) is 207 Å². The van der Waals surface area contributed by atoms with E-state index in [0.717, 1.165) is 247 Å². The van der Waals surface area contributed by atoms with E-state index in [0.29, 0.717) is 101 Å². The van der Waals surface area contributed by atoms with Crippen LogP contribution in [-0.2, 0) is 75.7 Å². The second kappa shape index (κ2) is 42.6. The molecule has 4 N–H and O–H groups in total. The lowest BCUT2D eigenvalue weighted by molar-refractivity contribution is -0.144. The van der Waals surface area contributed by atoms with E-state index >= 15 is 0 Å². The molecule has 8 aromatic rings. The van der Waals surface area contributed by atoms with Gasteiger partial charge >= 0.3 is 5.97 Å². The fraction of sp³-hybridized carbons (Fsp3) is 0.434. The molecule has 18 rings (SSSR count). The Kier molecular flexibility index (Phi) is 31.2. The van der Waals surface area contributed by atoms with Crippen molar-refractivity contribution in [2.24, 2.45) is 21.7 Å². The Hall–Kier alpha value is -11.8. The molecule has 2 saturated carbocycles. The summed E-state index contributed by atoms with van der Waals surface area (Å²) in [6, 6.07) is 40.8. The second-order valence-electron chi connectivity index (χ2n) is 38.5. The van der Waals surface area contributed by atoms with Crippen LogP contribution in [0.15, 0.2) is 162 Å². The number of carboxylic acids is 1. The Balaban J connectivity index is 0.000000141. The number of hydrogen-bond donors (Lipinski definition) is 4. The summed E-state index contributed by atoms with van der Waals surface area (Å²) in [4.78, 5) is 58.5. The molecule has 140 heavy (non-hydrogen) atoms. The van der Waals surface area contributed by atoms with Crippen molar-refractivity contribution in [1.82, 2.24) is 33.8 Å². The van der Waals surface area contributed by atoms with Gasteiger partial charge in [0.2, 0.25) is 47.8 Å². The molecule has 6 fully saturated rings. The van der Waals surface area contributed by atoms with E-state index in [1.54, 1.807) is 66.6 Å². The first-order valence-electron chi connectivity index (χ1n) is 47.2. The number of carbonyl (C=O) groups excluding carboxylic acids is 3. The molecular weight excluding hydrogens is 1860 g/mol. The number of ether oxygens (including phenoxy) is 9. The molecule has 8 heterocycles. The highest BCUT2D eigenvalue weighted by Crippen LogP contribution is 2.52. The highest BCUT2D eigenvalue weighted by molar-refractivity contribution is 7.89. The van der Waals surface area contributed by atoms with Gasteiger partial charge in [0.05, 0.1) is 76.0 Å². The summed E-state index contributed by atoms with van der Waals surface area (Å²) in [5, 5.41) is 9.55. The smallest absolute Gasteiger partial charge is 0.310 e. The van der Waals surface area contributed by atoms with Crippen molar-refractivity contribution in [3.8, 4) is 51.7 Å². The molecule has 0 aromatic heterocycles.